The average Bonchev–Trinajstić information content (AvgIpc) is 2.46. The third kappa shape index (κ3) is 3.21. The third-order valence-electron chi connectivity index (χ3n) is 3.71. The Morgan fingerprint density at radius 2 is 2.14 bits per heavy atom. The lowest BCUT2D eigenvalue weighted by Gasteiger charge is -2.36. The normalized spacial score (nSPS) is 19.4. The van der Waals surface area contributed by atoms with Crippen LogP contribution < -0.4 is 0 Å². The highest BCUT2D eigenvalue weighted by Gasteiger charge is 2.37. The zero-order valence-corrected chi connectivity index (χ0v) is 12.0. The number of halogens is 1. The largest absolute Gasteiger partial charge is 0.479 e. The van der Waals surface area contributed by atoms with Crippen molar-refractivity contribution in [1.29, 1.82) is 0 Å². The standard InChI is InChI=1S/C15H18FNO4/c1-15(2,10-4-3-5-11(16)8-10)14(20)17-6-7-21-12(9-17)13(18)19/h3-5,8,12H,6-7,9H2,1-2H3,(H,18,19). The minimum Gasteiger partial charge on any atom is -0.479 e. The molecule has 1 saturated heterocycles. The summed E-state index contributed by atoms with van der Waals surface area (Å²) < 4.78 is 18.5. The van der Waals surface area contributed by atoms with Crippen LogP contribution in [-0.4, -0.2) is 47.7 Å². The number of hydrogen-bond acceptors (Lipinski definition) is 3. The van der Waals surface area contributed by atoms with Crippen LogP contribution in [-0.2, 0) is 19.7 Å². The number of carboxylic acid groups (broad SMARTS) is 1. The quantitative estimate of drug-likeness (QED) is 0.915. The van der Waals surface area contributed by atoms with Gasteiger partial charge in [-0.15, -0.1) is 0 Å². The Morgan fingerprint density at radius 3 is 2.76 bits per heavy atom. The van der Waals surface area contributed by atoms with E-state index in [0.29, 0.717) is 12.1 Å². The molecular formula is C15H18FNO4. The molecule has 21 heavy (non-hydrogen) atoms. The molecule has 1 aromatic carbocycles. The van der Waals surface area contributed by atoms with Gasteiger partial charge in [0.25, 0.3) is 0 Å². The monoisotopic (exact) mass is 295 g/mol. The van der Waals surface area contributed by atoms with E-state index in [1.807, 2.05) is 0 Å². The Bertz CT molecular complexity index is 558. The molecule has 1 aliphatic heterocycles. The Morgan fingerprint density at radius 1 is 1.43 bits per heavy atom. The first-order valence-electron chi connectivity index (χ1n) is 6.72. The van der Waals surface area contributed by atoms with Crippen molar-refractivity contribution in [2.24, 2.45) is 0 Å². The van der Waals surface area contributed by atoms with E-state index in [4.69, 9.17) is 9.84 Å². The van der Waals surface area contributed by atoms with Crippen molar-refractivity contribution in [2.75, 3.05) is 19.7 Å². The van der Waals surface area contributed by atoms with Crippen molar-refractivity contribution in [3.05, 3.63) is 35.6 Å². The van der Waals surface area contributed by atoms with Crippen LogP contribution in [0.25, 0.3) is 0 Å². The maximum absolute atomic E-state index is 13.3. The molecule has 6 heteroatoms. The number of rotatable bonds is 3. The second kappa shape index (κ2) is 5.81. The number of aliphatic carboxylic acids is 1. The molecule has 1 amide bonds. The number of nitrogens with zero attached hydrogens (tertiary/aromatic N) is 1. The summed E-state index contributed by atoms with van der Waals surface area (Å²) in [5, 5.41) is 8.98. The molecule has 5 nitrogen and oxygen atoms in total. The van der Waals surface area contributed by atoms with Crippen LogP contribution in [0.4, 0.5) is 4.39 Å². The Kier molecular flexibility index (Phi) is 4.27. The molecule has 2 rings (SSSR count). The molecule has 0 aromatic heterocycles. The van der Waals surface area contributed by atoms with Crippen LogP contribution >= 0.6 is 0 Å². The fourth-order valence-electron chi connectivity index (χ4n) is 2.38. The van der Waals surface area contributed by atoms with Crippen LogP contribution in [0.2, 0.25) is 0 Å². The zero-order chi connectivity index (χ0) is 15.6. The number of carboxylic acids is 1. The molecule has 1 aliphatic rings. The van der Waals surface area contributed by atoms with Crippen molar-refractivity contribution in [3.8, 4) is 0 Å². The first-order valence-corrected chi connectivity index (χ1v) is 6.72. The summed E-state index contributed by atoms with van der Waals surface area (Å²) in [7, 11) is 0. The summed E-state index contributed by atoms with van der Waals surface area (Å²) in [6.07, 6.45) is -1.01. The van der Waals surface area contributed by atoms with Gasteiger partial charge in [-0.05, 0) is 31.5 Å². The van der Waals surface area contributed by atoms with Gasteiger partial charge in [0, 0.05) is 6.54 Å². The number of carbonyl (C=O) groups is 2. The number of morpholine rings is 1. The molecule has 0 bridgehead atoms. The van der Waals surface area contributed by atoms with E-state index in [9.17, 15) is 14.0 Å². The molecule has 1 N–H and O–H groups in total. The van der Waals surface area contributed by atoms with E-state index in [1.54, 1.807) is 26.0 Å². The van der Waals surface area contributed by atoms with Crippen LogP contribution in [0.1, 0.15) is 19.4 Å². The average molecular weight is 295 g/mol. The smallest absolute Gasteiger partial charge is 0.334 e. The van der Waals surface area contributed by atoms with Gasteiger partial charge in [-0.3, -0.25) is 4.79 Å². The zero-order valence-electron chi connectivity index (χ0n) is 12.0. The Hall–Kier alpha value is -1.95. The third-order valence-corrected chi connectivity index (χ3v) is 3.71. The second-order valence-corrected chi connectivity index (χ2v) is 5.58. The molecule has 0 saturated carbocycles. The highest BCUT2D eigenvalue weighted by Crippen LogP contribution is 2.27. The van der Waals surface area contributed by atoms with Crippen LogP contribution in [0.3, 0.4) is 0 Å². The predicted octanol–water partition coefficient (Wildman–Crippen LogP) is 1.42. The summed E-state index contributed by atoms with van der Waals surface area (Å²) in [4.78, 5) is 25.1. The lowest BCUT2D eigenvalue weighted by atomic mass is 9.83. The summed E-state index contributed by atoms with van der Waals surface area (Å²) in [6, 6.07) is 5.89. The number of ether oxygens (including phenoxy) is 1. The van der Waals surface area contributed by atoms with E-state index < -0.39 is 23.3 Å². The maximum atomic E-state index is 13.3. The summed E-state index contributed by atoms with van der Waals surface area (Å²) in [5.41, 5.74) is -0.367. The predicted molar refractivity (Wildman–Crippen MR) is 73.4 cm³/mol. The lowest BCUT2D eigenvalue weighted by molar-refractivity contribution is -0.160. The number of amides is 1. The molecule has 1 atom stereocenters. The van der Waals surface area contributed by atoms with E-state index >= 15 is 0 Å². The maximum Gasteiger partial charge on any atom is 0.334 e. The van der Waals surface area contributed by atoms with Gasteiger partial charge in [-0.25, -0.2) is 9.18 Å². The van der Waals surface area contributed by atoms with Crippen molar-refractivity contribution >= 4 is 11.9 Å². The van der Waals surface area contributed by atoms with E-state index in [1.165, 1.54) is 17.0 Å². The fourth-order valence-corrected chi connectivity index (χ4v) is 2.38. The van der Waals surface area contributed by atoms with Crippen molar-refractivity contribution in [1.82, 2.24) is 4.90 Å². The number of benzene rings is 1. The highest BCUT2D eigenvalue weighted by atomic mass is 19.1. The first-order chi connectivity index (χ1) is 9.82. The van der Waals surface area contributed by atoms with Crippen molar-refractivity contribution in [3.63, 3.8) is 0 Å². The van der Waals surface area contributed by atoms with Gasteiger partial charge in [0.15, 0.2) is 6.10 Å². The SMILES string of the molecule is CC(C)(C(=O)N1CCOC(C(=O)O)C1)c1cccc(F)c1. The first kappa shape index (κ1) is 15.4. The second-order valence-electron chi connectivity index (χ2n) is 5.58. The van der Waals surface area contributed by atoms with Crippen LogP contribution in [0.5, 0.6) is 0 Å². The Balaban J connectivity index is 2.19. The molecule has 1 unspecified atom stereocenters. The number of hydrogen-bond donors (Lipinski definition) is 1. The molecule has 114 valence electrons. The van der Waals surface area contributed by atoms with E-state index in [-0.39, 0.29) is 19.1 Å². The van der Waals surface area contributed by atoms with Gasteiger partial charge < -0.3 is 14.7 Å². The topological polar surface area (TPSA) is 66.8 Å². The minimum absolute atomic E-state index is 0.00686. The van der Waals surface area contributed by atoms with Gasteiger partial charge in [-0.1, -0.05) is 12.1 Å². The molecule has 0 aliphatic carbocycles. The molecule has 1 aromatic rings. The summed E-state index contributed by atoms with van der Waals surface area (Å²) in [6.45, 7) is 3.93. The lowest BCUT2D eigenvalue weighted by Crippen LogP contribution is -2.53. The molecule has 0 radical (unpaired) electrons. The van der Waals surface area contributed by atoms with Gasteiger partial charge in [0.1, 0.15) is 5.82 Å². The van der Waals surface area contributed by atoms with Gasteiger partial charge >= 0.3 is 5.97 Å². The molecule has 1 heterocycles. The fraction of sp³-hybridized carbons (Fsp3) is 0.467. The van der Waals surface area contributed by atoms with E-state index in [2.05, 4.69) is 0 Å². The summed E-state index contributed by atoms with van der Waals surface area (Å²) >= 11 is 0. The van der Waals surface area contributed by atoms with Crippen LogP contribution in [0.15, 0.2) is 24.3 Å². The van der Waals surface area contributed by atoms with Crippen molar-refractivity contribution in [2.45, 2.75) is 25.4 Å². The van der Waals surface area contributed by atoms with Gasteiger partial charge in [0.05, 0.1) is 18.6 Å². The van der Waals surface area contributed by atoms with Crippen LogP contribution in [0, 0.1) is 5.82 Å². The summed E-state index contributed by atoms with van der Waals surface area (Å²) in [5.74, 6) is -1.72. The molecular weight excluding hydrogens is 277 g/mol. The Labute approximate surface area is 122 Å². The van der Waals surface area contributed by atoms with Gasteiger partial charge in [0.2, 0.25) is 5.91 Å². The number of carbonyl (C=O) groups excluding carboxylic acids is 1. The van der Waals surface area contributed by atoms with Gasteiger partial charge in [-0.2, -0.15) is 0 Å². The highest BCUT2D eigenvalue weighted by molar-refractivity contribution is 5.88. The minimum atomic E-state index is -1.09. The van der Waals surface area contributed by atoms with Crippen molar-refractivity contribution < 1.29 is 23.8 Å². The van der Waals surface area contributed by atoms with E-state index in [0.717, 1.165) is 0 Å². The molecule has 1 fully saturated rings. The molecule has 0 spiro atoms.